The van der Waals surface area contributed by atoms with E-state index in [9.17, 15) is 9.18 Å². The third-order valence-electron chi connectivity index (χ3n) is 3.04. The fourth-order valence-corrected chi connectivity index (χ4v) is 2.07. The molecule has 0 radical (unpaired) electrons. The molecule has 0 unspecified atom stereocenters. The molecule has 2 rings (SSSR count). The minimum atomic E-state index is -0.324. The van der Waals surface area contributed by atoms with Gasteiger partial charge in [0.25, 0.3) is 5.56 Å². The molecular formula is C14H16FN3O. The van der Waals surface area contributed by atoms with Gasteiger partial charge in [0.1, 0.15) is 11.6 Å². The van der Waals surface area contributed by atoms with E-state index in [0.717, 1.165) is 5.56 Å². The Labute approximate surface area is 110 Å². The van der Waals surface area contributed by atoms with E-state index in [1.54, 1.807) is 24.5 Å². The number of nitrogens with two attached hydrogens (primary N) is 1. The Morgan fingerprint density at radius 3 is 2.63 bits per heavy atom. The highest BCUT2D eigenvalue weighted by Crippen LogP contribution is 2.12. The smallest absolute Gasteiger partial charge is 0.254 e. The van der Waals surface area contributed by atoms with Crippen LogP contribution >= 0.6 is 0 Å². The second-order valence-electron chi connectivity index (χ2n) is 4.49. The fraction of sp³-hybridized carbons (Fsp3) is 0.286. The monoisotopic (exact) mass is 261 g/mol. The number of nitrogens with zero attached hydrogens (tertiary/aromatic N) is 2. The summed E-state index contributed by atoms with van der Waals surface area (Å²) in [6, 6.07) is 5.91. The third kappa shape index (κ3) is 2.88. The first-order valence-electron chi connectivity index (χ1n) is 6.03. The van der Waals surface area contributed by atoms with Crippen molar-refractivity contribution in [2.24, 2.45) is 5.73 Å². The van der Waals surface area contributed by atoms with Gasteiger partial charge in [0.2, 0.25) is 0 Å². The number of benzene rings is 1. The van der Waals surface area contributed by atoms with Crippen molar-refractivity contribution in [2.45, 2.75) is 26.9 Å². The SMILES string of the molecule is Cc1cc(=O)n(Cc2ccc(F)cc2CN)c(C)n1. The molecule has 0 spiro atoms. The lowest BCUT2D eigenvalue weighted by Gasteiger charge is -2.12. The van der Waals surface area contributed by atoms with E-state index >= 15 is 0 Å². The molecule has 0 amide bonds. The van der Waals surface area contributed by atoms with Gasteiger partial charge in [0.15, 0.2) is 0 Å². The van der Waals surface area contributed by atoms with Crippen molar-refractivity contribution in [1.82, 2.24) is 9.55 Å². The van der Waals surface area contributed by atoms with Crippen molar-refractivity contribution >= 4 is 0 Å². The summed E-state index contributed by atoms with van der Waals surface area (Å²) in [6.07, 6.45) is 0. The van der Waals surface area contributed by atoms with Crippen LogP contribution in [-0.4, -0.2) is 9.55 Å². The normalized spacial score (nSPS) is 10.7. The molecule has 0 bridgehead atoms. The van der Waals surface area contributed by atoms with Crippen molar-refractivity contribution in [3.63, 3.8) is 0 Å². The Kier molecular flexibility index (Phi) is 3.76. The van der Waals surface area contributed by atoms with Crippen LogP contribution in [0, 0.1) is 19.7 Å². The van der Waals surface area contributed by atoms with Crippen molar-refractivity contribution in [3.05, 3.63) is 63.1 Å². The second-order valence-corrected chi connectivity index (χ2v) is 4.49. The summed E-state index contributed by atoms with van der Waals surface area (Å²) >= 11 is 0. The number of halogens is 1. The van der Waals surface area contributed by atoms with Gasteiger partial charge in [-0.25, -0.2) is 9.37 Å². The van der Waals surface area contributed by atoms with E-state index < -0.39 is 0 Å². The number of hydrogen-bond acceptors (Lipinski definition) is 3. The van der Waals surface area contributed by atoms with Gasteiger partial charge in [-0.15, -0.1) is 0 Å². The summed E-state index contributed by atoms with van der Waals surface area (Å²) < 4.78 is 14.7. The average molecular weight is 261 g/mol. The molecule has 1 aromatic heterocycles. The second kappa shape index (κ2) is 5.32. The topological polar surface area (TPSA) is 60.9 Å². The summed E-state index contributed by atoms with van der Waals surface area (Å²) in [7, 11) is 0. The maximum atomic E-state index is 13.1. The van der Waals surface area contributed by atoms with Gasteiger partial charge in [-0.1, -0.05) is 6.07 Å². The minimum Gasteiger partial charge on any atom is -0.326 e. The lowest BCUT2D eigenvalue weighted by Crippen LogP contribution is -2.24. The Balaban J connectivity index is 2.45. The average Bonchev–Trinajstić information content (AvgIpc) is 2.35. The van der Waals surface area contributed by atoms with Crippen LogP contribution in [-0.2, 0) is 13.1 Å². The lowest BCUT2D eigenvalue weighted by atomic mass is 10.1. The van der Waals surface area contributed by atoms with Gasteiger partial charge in [-0.2, -0.15) is 0 Å². The summed E-state index contributed by atoms with van der Waals surface area (Å²) in [5.74, 6) is 0.313. The molecule has 0 saturated carbocycles. The van der Waals surface area contributed by atoms with Gasteiger partial charge >= 0.3 is 0 Å². The molecule has 0 aliphatic heterocycles. The van der Waals surface area contributed by atoms with Crippen LogP contribution in [0.1, 0.15) is 22.6 Å². The quantitative estimate of drug-likeness (QED) is 0.911. The largest absolute Gasteiger partial charge is 0.326 e. The van der Waals surface area contributed by atoms with Crippen LogP contribution in [0.4, 0.5) is 4.39 Å². The van der Waals surface area contributed by atoms with Crippen LogP contribution < -0.4 is 11.3 Å². The van der Waals surface area contributed by atoms with Gasteiger partial charge < -0.3 is 5.73 Å². The molecule has 0 saturated heterocycles. The predicted octanol–water partition coefficient (Wildman–Crippen LogP) is 1.51. The molecule has 2 N–H and O–H groups in total. The molecule has 0 fully saturated rings. The van der Waals surface area contributed by atoms with Gasteiger partial charge in [-0.05, 0) is 37.1 Å². The zero-order chi connectivity index (χ0) is 14.0. The predicted molar refractivity (Wildman–Crippen MR) is 71.4 cm³/mol. The first kappa shape index (κ1) is 13.4. The highest BCUT2D eigenvalue weighted by Gasteiger charge is 2.08. The maximum Gasteiger partial charge on any atom is 0.254 e. The number of hydrogen-bond donors (Lipinski definition) is 1. The molecule has 1 aromatic carbocycles. The first-order valence-corrected chi connectivity index (χ1v) is 6.03. The summed E-state index contributed by atoms with van der Waals surface area (Å²) in [5.41, 5.74) is 7.72. The minimum absolute atomic E-state index is 0.114. The molecule has 0 atom stereocenters. The molecule has 0 aliphatic carbocycles. The van der Waals surface area contributed by atoms with Gasteiger partial charge in [0.05, 0.1) is 6.54 Å². The maximum absolute atomic E-state index is 13.1. The number of rotatable bonds is 3. The molecule has 19 heavy (non-hydrogen) atoms. The molecule has 5 heteroatoms. The van der Waals surface area contributed by atoms with Crippen LogP contribution in [0.3, 0.4) is 0 Å². The summed E-state index contributed by atoms with van der Waals surface area (Å²) in [5, 5.41) is 0. The van der Waals surface area contributed by atoms with E-state index in [-0.39, 0.29) is 17.9 Å². The molecule has 4 nitrogen and oxygen atoms in total. The highest BCUT2D eigenvalue weighted by atomic mass is 19.1. The Bertz CT molecular complexity index is 664. The van der Waals surface area contributed by atoms with Crippen molar-refractivity contribution in [3.8, 4) is 0 Å². The van der Waals surface area contributed by atoms with Crippen molar-refractivity contribution in [1.29, 1.82) is 0 Å². The fourth-order valence-electron chi connectivity index (χ4n) is 2.07. The molecule has 100 valence electrons. The summed E-state index contributed by atoms with van der Waals surface area (Å²) in [4.78, 5) is 16.2. The van der Waals surface area contributed by atoms with Gasteiger partial charge in [-0.3, -0.25) is 9.36 Å². The Morgan fingerprint density at radius 2 is 2.00 bits per heavy atom. The highest BCUT2D eigenvalue weighted by molar-refractivity contribution is 5.28. The van der Waals surface area contributed by atoms with Crippen LogP contribution in [0.2, 0.25) is 0 Å². The van der Waals surface area contributed by atoms with E-state index in [1.807, 2.05) is 0 Å². The molecule has 0 aliphatic rings. The molecular weight excluding hydrogens is 245 g/mol. The third-order valence-corrected chi connectivity index (χ3v) is 3.04. The molecule has 2 aromatic rings. The van der Waals surface area contributed by atoms with E-state index in [1.165, 1.54) is 18.2 Å². The Hall–Kier alpha value is -2.01. The van der Waals surface area contributed by atoms with Crippen molar-refractivity contribution < 1.29 is 4.39 Å². The van der Waals surface area contributed by atoms with Crippen LogP contribution in [0.5, 0.6) is 0 Å². The molecule has 1 heterocycles. The Morgan fingerprint density at radius 1 is 1.26 bits per heavy atom. The number of aromatic nitrogens is 2. The van der Waals surface area contributed by atoms with Crippen LogP contribution in [0.15, 0.2) is 29.1 Å². The lowest BCUT2D eigenvalue weighted by molar-refractivity contribution is 0.621. The first-order chi connectivity index (χ1) is 9.01. The zero-order valence-corrected chi connectivity index (χ0v) is 11.0. The van der Waals surface area contributed by atoms with E-state index in [0.29, 0.717) is 23.6 Å². The van der Waals surface area contributed by atoms with Crippen molar-refractivity contribution in [2.75, 3.05) is 0 Å². The van der Waals surface area contributed by atoms with Crippen LogP contribution in [0.25, 0.3) is 0 Å². The summed E-state index contributed by atoms with van der Waals surface area (Å²) in [6.45, 7) is 4.15. The zero-order valence-electron chi connectivity index (χ0n) is 11.0. The van der Waals surface area contributed by atoms with Gasteiger partial charge in [0, 0.05) is 18.3 Å². The van der Waals surface area contributed by atoms with E-state index in [4.69, 9.17) is 5.73 Å². The number of aryl methyl sites for hydroxylation is 2. The standard InChI is InChI=1S/C14H16FN3O/c1-9-5-14(19)18(10(2)17-9)8-11-3-4-13(15)6-12(11)7-16/h3-6H,7-8,16H2,1-2H3. The van der Waals surface area contributed by atoms with E-state index in [2.05, 4.69) is 4.98 Å².